The Morgan fingerprint density at radius 3 is 2.55 bits per heavy atom. The Labute approximate surface area is 238 Å². The third-order valence-corrected chi connectivity index (χ3v) is 7.60. The average Bonchev–Trinajstić information content (AvgIpc) is 3.55. The number of amides is 1. The minimum Gasteiger partial charge on any atom is -0.496 e. The zero-order valence-electron chi connectivity index (χ0n) is 23.3. The first-order valence-electron chi connectivity index (χ1n) is 12.7. The van der Waals surface area contributed by atoms with E-state index in [2.05, 4.69) is 24.4 Å². The van der Waals surface area contributed by atoms with E-state index < -0.39 is 11.2 Å². The molecule has 0 aliphatic carbocycles. The summed E-state index contributed by atoms with van der Waals surface area (Å²) in [5.74, 6) is 0.340. The highest BCUT2D eigenvalue weighted by Gasteiger charge is 2.22. The van der Waals surface area contributed by atoms with Gasteiger partial charge in [0.15, 0.2) is 0 Å². The molecule has 3 heterocycles. The number of hydrogen-bond donors (Lipinski definition) is 2. The van der Waals surface area contributed by atoms with Crippen LogP contribution >= 0.6 is 20.6 Å². The third kappa shape index (κ3) is 7.25. The van der Waals surface area contributed by atoms with Gasteiger partial charge in [0.05, 0.1) is 25.7 Å². The zero-order chi connectivity index (χ0) is 29.4. The Bertz CT molecular complexity index is 1560. The van der Waals surface area contributed by atoms with E-state index in [4.69, 9.17) is 9.84 Å². The number of benzene rings is 1. The number of hydrogen-bond acceptors (Lipinski definition) is 8. The second-order valence-electron chi connectivity index (χ2n) is 9.25. The number of aromatic nitrogens is 4. The van der Waals surface area contributed by atoms with Gasteiger partial charge in [-0.05, 0) is 56.3 Å². The van der Waals surface area contributed by atoms with Crippen LogP contribution < -0.4 is 26.6 Å². The van der Waals surface area contributed by atoms with Crippen LogP contribution in [0.3, 0.4) is 0 Å². The van der Waals surface area contributed by atoms with Crippen molar-refractivity contribution in [3.63, 3.8) is 0 Å². The molecule has 4 aromatic rings. The predicted octanol–water partition coefficient (Wildman–Crippen LogP) is 1.62. The second kappa shape index (κ2) is 14.4. The summed E-state index contributed by atoms with van der Waals surface area (Å²) < 4.78 is 14.2. The highest BCUT2D eigenvalue weighted by atomic mass is 32.1. The highest BCUT2D eigenvalue weighted by molar-refractivity contribution is 7.27. The molecule has 3 aromatic heterocycles. The monoisotopic (exact) mass is 589 g/mol. The predicted molar refractivity (Wildman–Crippen MR) is 160 cm³/mol. The molecule has 1 unspecified atom stereocenters. The summed E-state index contributed by atoms with van der Waals surface area (Å²) in [4.78, 5) is 40.1. The van der Waals surface area contributed by atoms with Gasteiger partial charge >= 0.3 is 5.69 Å². The van der Waals surface area contributed by atoms with Crippen molar-refractivity contribution in [3.05, 3.63) is 68.6 Å². The van der Waals surface area contributed by atoms with Gasteiger partial charge in [0.25, 0.3) is 5.56 Å². The summed E-state index contributed by atoms with van der Waals surface area (Å²) in [6.07, 6.45) is 3.96. The number of fused-ring (bicyclic) bond motifs is 1. The summed E-state index contributed by atoms with van der Waals surface area (Å²) in [5.41, 5.74) is 0.665. The SMILES string of the molecule is COCCO.COc1ccc(P)cc1CCn1c(=O)n(CC(=O)NC(C)C)c(=O)c2c(C)c(-n3cccn3)sc21. The number of carbonyl (C=O) groups is 1. The van der Waals surface area contributed by atoms with Crippen molar-refractivity contribution in [3.8, 4) is 10.8 Å². The Morgan fingerprint density at radius 1 is 1.23 bits per heavy atom. The van der Waals surface area contributed by atoms with E-state index in [0.29, 0.717) is 29.8 Å². The molecule has 0 aliphatic rings. The number of thiophene rings is 1. The van der Waals surface area contributed by atoms with Gasteiger partial charge in [-0.2, -0.15) is 5.10 Å². The number of aliphatic hydroxyl groups excluding tert-OH is 1. The van der Waals surface area contributed by atoms with E-state index in [1.54, 1.807) is 41.9 Å². The molecule has 0 saturated heterocycles. The van der Waals surface area contributed by atoms with E-state index in [0.717, 1.165) is 31.7 Å². The maximum Gasteiger partial charge on any atom is 0.332 e. The van der Waals surface area contributed by atoms with Gasteiger partial charge in [0, 0.05) is 37.7 Å². The molecule has 0 spiro atoms. The Morgan fingerprint density at radius 2 is 1.98 bits per heavy atom. The van der Waals surface area contributed by atoms with Gasteiger partial charge in [-0.25, -0.2) is 9.48 Å². The second-order valence-corrected chi connectivity index (χ2v) is 10.9. The zero-order valence-corrected chi connectivity index (χ0v) is 25.3. The molecule has 0 bridgehead atoms. The van der Waals surface area contributed by atoms with Crippen LogP contribution in [0.2, 0.25) is 0 Å². The Balaban J connectivity index is 0.000000810. The number of nitrogens with one attached hydrogen (secondary N) is 1. The lowest BCUT2D eigenvalue weighted by atomic mass is 10.1. The highest BCUT2D eigenvalue weighted by Crippen LogP contribution is 2.31. The molecule has 11 nitrogen and oxygen atoms in total. The molecule has 216 valence electrons. The number of carbonyl (C=O) groups excluding carboxylic acids is 1. The van der Waals surface area contributed by atoms with Crippen LogP contribution in [0.5, 0.6) is 5.75 Å². The van der Waals surface area contributed by atoms with Gasteiger partial charge in [-0.15, -0.1) is 9.24 Å². The Kier molecular flexibility index (Phi) is 11.2. The molecule has 40 heavy (non-hydrogen) atoms. The lowest BCUT2D eigenvalue weighted by molar-refractivity contribution is -0.122. The van der Waals surface area contributed by atoms with Crippen LogP contribution in [0.4, 0.5) is 0 Å². The van der Waals surface area contributed by atoms with Crippen LogP contribution in [-0.2, 0) is 29.0 Å². The van der Waals surface area contributed by atoms with Gasteiger partial charge in [0.2, 0.25) is 5.91 Å². The first-order chi connectivity index (χ1) is 19.1. The summed E-state index contributed by atoms with van der Waals surface area (Å²) >= 11 is 1.34. The molecule has 0 radical (unpaired) electrons. The van der Waals surface area contributed by atoms with Gasteiger partial charge in [-0.3, -0.25) is 18.7 Å². The average molecular weight is 590 g/mol. The first kappa shape index (κ1) is 31.2. The number of nitrogens with zero attached hydrogens (tertiary/aromatic N) is 4. The van der Waals surface area contributed by atoms with Crippen molar-refractivity contribution in [2.24, 2.45) is 0 Å². The van der Waals surface area contributed by atoms with E-state index in [-0.39, 0.29) is 25.1 Å². The molecule has 0 fully saturated rings. The normalized spacial score (nSPS) is 11.0. The molecule has 0 aliphatic heterocycles. The lowest BCUT2D eigenvalue weighted by Crippen LogP contribution is -2.44. The summed E-state index contributed by atoms with van der Waals surface area (Å²) in [6.45, 7) is 6.03. The molecule has 4 rings (SSSR count). The van der Waals surface area contributed by atoms with Gasteiger partial charge < -0.3 is 19.9 Å². The molecular formula is C27H36N5O6PS. The number of aliphatic hydroxyl groups is 1. The fourth-order valence-electron chi connectivity index (χ4n) is 4.16. The minimum absolute atomic E-state index is 0.106. The number of aryl methyl sites for hydroxylation is 3. The standard InChI is InChI=1S/C24H28N5O4PS.C3H8O2/c1-14(2)26-19(30)13-28-21(31)20-15(3)22(29-10-5-9-25-29)35-23(20)27(24(28)32)11-8-16-12-17(34)6-7-18(16)33-4;1-5-3-2-4/h5-7,9-10,12,14H,8,11,13,34H2,1-4H3,(H,26,30);4H,2-3H2,1H3. The summed E-state index contributed by atoms with van der Waals surface area (Å²) in [7, 11) is 5.82. The topological polar surface area (TPSA) is 130 Å². The van der Waals surface area contributed by atoms with E-state index >= 15 is 0 Å². The maximum atomic E-state index is 13.6. The van der Waals surface area contributed by atoms with Crippen molar-refractivity contribution in [2.75, 3.05) is 27.4 Å². The fourth-order valence-corrected chi connectivity index (χ4v) is 5.71. The largest absolute Gasteiger partial charge is 0.496 e. The minimum atomic E-state index is -0.518. The molecule has 13 heteroatoms. The molecule has 1 atom stereocenters. The lowest BCUT2D eigenvalue weighted by Gasteiger charge is -2.14. The summed E-state index contributed by atoms with van der Waals surface area (Å²) in [6, 6.07) is 7.51. The number of ether oxygens (including phenoxy) is 2. The number of methoxy groups -OCH3 is 2. The Hall–Kier alpha value is -3.31. The molecule has 2 N–H and O–H groups in total. The maximum absolute atomic E-state index is 13.6. The van der Waals surface area contributed by atoms with Crippen molar-refractivity contribution in [2.45, 2.75) is 46.3 Å². The van der Waals surface area contributed by atoms with Crippen LogP contribution in [0.1, 0.15) is 25.0 Å². The van der Waals surface area contributed by atoms with Crippen molar-refractivity contribution in [1.82, 2.24) is 24.2 Å². The fraction of sp³-hybridized carbons (Fsp3) is 0.407. The van der Waals surface area contributed by atoms with Crippen LogP contribution in [0.25, 0.3) is 15.2 Å². The van der Waals surface area contributed by atoms with Crippen LogP contribution in [0, 0.1) is 6.92 Å². The molecular weight excluding hydrogens is 553 g/mol. The van der Waals surface area contributed by atoms with Crippen molar-refractivity contribution >= 4 is 42.0 Å². The van der Waals surface area contributed by atoms with E-state index in [1.807, 2.05) is 39.0 Å². The smallest absolute Gasteiger partial charge is 0.332 e. The molecule has 0 saturated carbocycles. The third-order valence-electron chi connectivity index (χ3n) is 5.94. The van der Waals surface area contributed by atoms with Gasteiger partial charge in [-0.1, -0.05) is 17.4 Å². The van der Waals surface area contributed by atoms with Crippen molar-refractivity contribution < 1.29 is 19.4 Å². The quantitative estimate of drug-likeness (QED) is 0.269. The van der Waals surface area contributed by atoms with Crippen LogP contribution in [-0.4, -0.2) is 63.4 Å². The van der Waals surface area contributed by atoms with E-state index in [1.165, 1.54) is 11.3 Å². The van der Waals surface area contributed by atoms with Gasteiger partial charge in [0.1, 0.15) is 22.1 Å². The molecule has 1 amide bonds. The van der Waals surface area contributed by atoms with Crippen LogP contribution in [0.15, 0.2) is 46.2 Å². The number of rotatable bonds is 10. The summed E-state index contributed by atoms with van der Waals surface area (Å²) in [5, 5.41) is 17.2. The van der Waals surface area contributed by atoms with E-state index in [9.17, 15) is 14.4 Å². The first-order valence-corrected chi connectivity index (χ1v) is 14.1. The molecule has 1 aromatic carbocycles. The van der Waals surface area contributed by atoms with Crippen molar-refractivity contribution in [1.29, 1.82) is 0 Å².